The first-order valence-electron chi connectivity index (χ1n) is 10.3. The van der Waals surface area contributed by atoms with E-state index in [-0.39, 0.29) is 11.5 Å². The van der Waals surface area contributed by atoms with Crippen LogP contribution in [0.1, 0.15) is 49.4 Å². The molecule has 1 aliphatic heterocycles. The van der Waals surface area contributed by atoms with Gasteiger partial charge in [0.2, 0.25) is 5.91 Å². The van der Waals surface area contributed by atoms with Gasteiger partial charge in [-0.15, -0.1) is 0 Å². The molecule has 160 valence electrons. The first-order valence-corrected chi connectivity index (χ1v) is 10.3. The predicted molar refractivity (Wildman–Crippen MR) is 112 cm³/mol. The fourth-order valence-corrected chi connectivity index (χ4v) is 2.98. The Morgan fingerprint density at radius 2 is 2.10 bits per heavy atom. The molecule has 1 aliphatic rings. The van der Waals surface area contributed by atoms with Gasteiger partial charge in [0.25, 0.3) is 5.91 Å². The summed E-state index contributed by atoms with van der Waals surface area (Å²) in [6.07, 6.45) is 5.07. The third kappa shape index (κ3) is 6.92. The van der Waals surface area contributed by atoms with Gasteiger partial charge >= 0.3 is 5.97 Å². The van der Waals surface area contributed by atoms with E-state index in [1.54, 1.807) is 29.2 Å². The highest BCUT2D eigenvalue weighted by Crippen LogP contribution is 2.17. The molecule has 0 radical (unpaired) electrons. The van der Waals surface area contributed by atoms with E-state index in [2.05, 4.69) is 10.6 Å². The Hall–Kier alpha value is -3.34. The molecule has 0 bridgehead atoms. The molecule has 1 heterocycles. The molecule has 1 fully saturated rings. The average molecular weight is 412 g/mol. The van der Waals surface area contributed by atoms with Gasteiger partial charge in [0, 0.05) is 32.3 Å². The van der Waals surface area contributed by atoms with E-state index in [9.17, 15) is 19.6 Å². The van der Waals surface area contributed by atoms with Crippen LogP contribution in [0.15, 0.2) is 36.0 Å². The second-order valence-corrected chi connectivity index (χ2v) is 6.94. The molecule has 2 amide bonds. The Morgan fingerprint density at radius 1 is 1.30 bits per heavy atom. The number of para-hydroxylation sites is 1. The van der Waals surface area contributed by atoms with Crippen LogP contribution < -0.4 is 10.6 Å². The molecule has 0 aliphatic carbocycles. The Bertz CT molecular complexity index is 829. The van der Waals surface area contributed by atoms with Gasteiger partial charge in [-0.25, -0.2) is 4.79 Å². The summed E-state index contributed by atoms with van der Waals surface area (Å²) in [5, 5.41) is 14.8. The van der Waals surface area contributed by atoms with Crippen molar-refractivity contribution in [3.05, 3.63) is 41.6 Å². The second-order valence-electron chi connectivity index (χ2n) is 6.94. The summed E-state index contributed by atoms with van der Waals surface area (Å²) in [5.41, 5.74) is 0.673. The van der Waals surface area contributed by atoms with Crippen LogP contribution in [-0.2, 0) is 14.3 Å². The number of ether oxygens (including phenoxy) is 1. The van der Waals surface area contributed by atoms with Crippen molar-refractivity contribution >= 4 is 23.5 Å². The molecule has 1 aromatic rings. The maximum absolute atomic E-state index is 12.2. The number of likely N-dealkylation sites (tertiary alicyclic amines) is 1. The second kappa shape index (κ2) is 12.3. The van der Waals surface area contributed by atoms with Gasteiger partial charge in [-0.05, 0) is 31.4 Å². The third-order valence-corrected chi connectivity index (χ3v) is 4.68. The standard InChI is InChI=1S/C22H28N4O4/c1-2-3-14-30-22(29)18-8-4-5-9-19(18)25-16-17(15-23)21(28)24-11-7-13-26-12-6-10-20(26)27/h4-5,8-9,16,25H,2-3,6-7,10-14H2,1H3,(H,24,28)/b17-16-. The number of anilines is 1. The molecule has 8 heteroatoms. The SMILES string of the molecule is CCCCOC(=O)c1ccccc1N/C=C(/C#N)C(=O)NCCCN1CCCC1=O. The van der Waals surface area contributed by atoms with Crippen LogP contribution in [0, 0.1) is 11.3 Å². The van der Waals surface area contributed by atoms with Gasteiger partial charge in [-0.1, -0.05) is 25.5 Å². The highest BCUT2D eigenvalue weighted by molar-refractivity contribution is 5.98. The van der Waals surface area contributed by atoms with Crippen LogP contribution in [0.3, 0.4) is 0 Å². The Balaban J connectivity index is 1.88. The van der Waals surface area contributed by atoms with Crippen LogP contribution in [0.5, 0.6) is 0 Å². The zero-order chi connectivity index (χ0) is 21.8. The maximum atomic E-state index is 12.2. The van der Waals surface area contributed by atoms with Gasteiger partial charge < -0.3 is 20.3 Å². The summed E-state index contributed by atoms with van der Waals surface area (Å²) < 4.78 is 5.23. The number of rotatable bonds is 11. The molecule has 0 saturated carbocycles. The average Bonchev–Trinajstić information content (AvgIpc) is 3.16. The van der Waals surface area contributed by atoms with Crippen LogP contribution >= 0.6 is 0 Å². The summed E-state index contributed by atoms with van der Waals surface area (Å²) in [5.74, 6) is -0.824. The van der Waals surface area contributed by atoms with Crippen LogP contribution in [0.4, 0.5) is 5.69 Å². The Kier molecular flexibility index (Phi) is 9.38. The summed E-state index contributed by atoms with van der Waals surface area (Å²) in [4.78, 5) is 37.8. The lowest BCUT2D eigenvalue weighted by molar-refractivity contribution is -0.127. The largest absolute Gasteiger partial charge is 0.462 e. The number of hydrogen-bond donors (Lipinski definition) is 2. The van der Waals surface area contributed by atoms with Gasteiger partial charge in [-0.2, -0.15) is 5.26 Å². The van der Waals surface area contributed by atoms with E-state index >= 15 is 0 Å². The van der Waals surface area contributed by atoms with Gasteiger partial charge in [-0.3, -0.25) is 9.59 Å². The van der Waals surface area contributed by atoms with Crippen molar-refractivity contribution in [1.82, 2.24) is 10.2 Å². The summed E-state index contributed by atoms with van der Waals surface area (Å²) in [6.45, 7) is 4.07. The van der Waals surface area contributed by atoms with E-state index < -0.39 is 11.9 Å². The number of unbranched alkanes of at least 4 members (excludes halogenated alkanes) is 1. The van der Waals surface area contributed by atoms with Crippen molar-refractivity contribution in [3.8, 4) is 6.07 Å². The maximum Gasteiger partial charge on any atom is 0.340 e. The van der Waals surface area contributed by atoms with E-state index in [0.29, 0.717) is 43.8 Å². The van der Waals surface area contributed by atoms with Crippen LogP contribution in [0.2, 0.25) is 0 Å². The molecule has 0 aromatic heterocycles. The highest BCUT2D eigenvalue weighted by Gasteiger charge is 2.19. The van der Waals surface area contributed by atoms with Crippen molar-refractivity contribution in [2.75, 3.05) is 31.6 Å². The van der Waals surface area contributed by atoms with Crippen LogP contribution in [0.25, 0.3) is 0 Å². The summed E-state index contributed by atoms with van der Waals surface area (Å²) in [7, 11) is 0. The number of nitrogens with one attached hydrogen (secondary N) is 2. The minimum Gasteiger partial charge on any atom is -0.462 e. The fourth-order valence-electron chi connectivity index (χ4n) is 2.98. The predicted octanol–water partition coefficient (Wildman–Crippen LogP) is 2.59. The first kappa shape index (κ1) is 22.9. The number of hydrogen-bond acceptors (Lipinski definition) is 6. The topological polar surface area (TPSA) is 112 Å². The number of carbonyl (C=O) groups is 3. The molecule has 0 unspecified atom stereocenters. The third-order valence-electron chi connectivity index (χ3n) is 4.68. The zero-order valence-corrected chi connectivity index (χ0v) is 17.3. The van der Waals surface area contributed by atoms with E-state index in [1.807, 2.05) is 13.0 Å². The number of benzene rings is 1. The molecular weight excluding hydrogens is 384 g/mol. The first-order chi connectivity index (χ1) is 14.6. The molecule has 1 saturated heterocycles. The molecule has 0 atom stereocenters. The van der Waals surface area contributed by atoms with Crippen molar-refractivity contribution in [3.63, 3.8) is 0 Å². The highest BCUT2D eigenvalue weighted by atomic mass is 16.5. The smallest absolute Gasteiger partial charge is 0.340 e. The van der Waals surface area contributed by atoms with Crippen molar-refractivity contribution in [2.45, 2.75) is 39.0 Å². The van der Waals surface area contributed by atoms with Gasteiger partial charge in [0.1, 0.15) is 11.6 Å². The number of carbonyl (C=O) groups excluding carboxylic acids is 3. The molecule has 2 N–H and O–H groups in total. The lowest BCUT2D eigenvalue weighted by Crippen LogP contribution is -2.31. The molecule has 2 rings (SSSR count). The number of nitrogens with zero attached hydrogens (tertiary/aromatic N) is 2. The molecule has 30 heavy (non-hydrogen) atoms. The van der Waals surface area contributed by atoms with E-state index in [0.717, 1.165) is 25.8 Å². The minimum absolute atomic E-state index is 0.110. The van der Waals surface area contributed by atoms with Crippen molar-refractivity contribution < 1.29 is 19.1 Å². The van der Waals surface area contributed by atoms with Crippen molar-refractivity contribution in [2.24, 2.45) is 0 Å². The minimum atomic E-state index is -0.513. The molecule has 1 aromatic carbocycles. The zero-order valence-electron chi connectivity index (χ0n) is 17.3. The Morgan fingerprint density at radius 3 is 2.80 bits per heavy atom. The number of esters is 1. The Labute approximate surface area is 176 Å². The van der Waals surface area contributed by atoms with Gasteiger partial charge in [0.15, 0.2) is 0 Å². The molecule has 8 nitrogen and oxygen atoms in total. The van der Waals surface area contributed by atoms with E-state index in [4.69, 9.17) is 4.74 Å². The monoisotopic (exact) mass is 412 g/mol. The normalized spacial score (nSPS) is 13.7. The fraction of sp³-hybridized carbons (Fsp3) is 0.455. The van der Waals surface area contributed by atoms with Gasteiger partial charge in [0.05, 0.1) is 17.9 Å². The lowest BCUT2D eigenvalue weighted by Gasteiger charge is -2.15. The summed E-state index contributed by atoms with van der Waals surface area (Å²) in [6, 6.07) is 8.61. The number of nitriles is 1. The van der Waals surface area contributed by atoms with E-state index in [1.165, 1.54) is 6.20 Å². The van der Waals surface area contributed by atoms with Crippen molar-refractivity contribution in [1.29, 1.82) is 5.26 Å². The summed E-state index contributed by atoms with van der Waals surface area (Å²) >= 11 is 0. The van der Waals surface area contributed by atoms with Crippen LogP contribution in [-0.4, -0.2) is 48.9 Å². The number of amides is 2. The lowest BCUT2D eigenvalue weighted by atomic mass is 10.1. The molecule has 0 spiro atoms. The quantitative estimate of drug-likeness (QED) is 0.250. The molecular formula is C22H28N4O4.